The maximum atomic E-state index is 11.9. The van der Waals surface area contributed by atoms with E-state index in [1.54, 1.807) is 26.4 Å². The van der Waals surface area contributed by atoms with Crippen LogP contribution in [0.2, 0.25) is 0 Å². The minimum Gasteiger partial charge on any atom is -0.504 e. The number of amides is 1. The van der Waals surface area contributed by atoms with E-state index in [0.717, 1.165) is 5.56 Å². The van der Waals surface area contributed by atoms with Gasteiger partial charge in [-0.05, 0) is 36.2 Å². The summed E-state index contributed by atoms with van der Waals surface area (Å²) in [5.41, 5.74) is 0.927. The van der Waals surface area contributed by atoms with Gasteiger partial charge in [-0.1, -0.05) is 0 Å². The van der Waals surface area contributed by atoms with Crippen LogP contribution >= 0.6 is 0 Å². The molecule has 1 aromatic heterocycles. The molecule has 1 amide bonds. The molecule has 0 atom stereocenters. The summed E-state index contributed by atoms with van der Waals surface area (Å²) >= 11 is 0. The predicted molar refractivity (Wildman–Crippen MR) is 82.4 cm³/mol. The van der Waals surface area contributed by atoms with Crippen molar-refractivity contribution >= 4 is 11.7 Å². The Balaban J connectivity index is 1.98. The molecule has 0 spiro atoms. The third-order valence-corrected chi connectivity index (χ3v) is 3.10. The van der Waals surface area contributed by atoms with Crippen molar-refractivity contribution in [3.63, 3.8) is 0 Å². The highest BCUT2D eigenvalue weighted by atomic mass is 16.5. The van der Waals surface area contributed by atoms with E-state index in [0.29, 0.717) is 17.9 Å². The predicted octanol–water partition coefficient (Wildman–Crippen LogP) is 2.38. The zero-order valence-electron chi connectivity index (χ0n) is 12.5. The van der Waals surface area contributed by atoms with Gasteiger partial charge in [-0.3, -0.25) is 4.79 Å². The van der Waals surface area contributed by atoms with Crippen LogP contribution in [-0.2, 0) is 11.2 Å². The summed E-state index contributed by atoms with van der Waals surface area (Å²) in [6.07, 6.45) is 2.28. The fourth-order valence-corrected chi connectivity index (χ4v) is 1.96. The van der Waals surface area contributed by atoms with Crippen molar-refractivity contribution in [3.05, 3.63) is 42.1 Å². The average molecular weight is 302 g/mol. The summed E-state index contributed by atoms with van der Waals surface area (Å²) in [7, 11) is 3.16. The number of anilines is 1. The van der Waals surface area contributed by atoms with E-state index in [4.69, 9.17) is 9.47 Å². The molecule has 2 rings (SSSR count). The number of ether oxygens (including phenoxy) is 2. The standard InChI is InChI=1S/C16H18N2O4/c1-21-12-8-11(9-13(10-12)22-2)5-6-15(20)18-16-14(19)4-3-7-17-16/h3-4,7-10,19H,5-6H2,1-2H3,(H,17,18,20). The molecule has 0 saturated heterocycles. The summed E-state index contributed by atoms with van der Waals surface area (Å²) < 4.78 is 10.4. The lowest BCUT2D eigenvalue weighted by molar-refractivity contribution is -0.116. The van der Waals surface area contributed by atoms with E-state index in [2.05, 4.69) is 10.3 Å². The minimum absolute atomic E-state index is 0.0566. The summed E-state index contributed by atoms with van der Waals surface area (Å²) in [4.78, 5) is 15.8. The Kier molecular flexibility index (Phi) is 5.19. The van der Waals surface area contributed by atoms with Gasteiger partial charge in [0.15, 0.2) is 11.6 Å². The lowest BCUT2D eigenvalue weighted by atomic mass is 10.1. The van der Waals surface area contributed by atoms with Crippen molar-refractivity contribution in [1.29, 1.82) is 0 Å². The van der Waals surface area contributed by atoms with Gasteiger partial charge in [-0.15, -0.1) is 0 Å². The highest BCUT2D eigenvalue weighted by Crippen LogP contribution is 2.23. The summed E-state index contributed by atoms with van der Waals surface area (Å²) in [6, 6.07) is 8.54. The van der Waals surface area contributed by atoms with Crippen LogP contribution in [0.25, 0.3) is 0 Å². The Labute approximate surface area is 128 Å². The number of aryl methyl sites for hydroxylation is 1. The first kappa shape index (κ1) is 15.6. The number of rotatable bonds is 6. The van der Waals surface area contributed by atoms with Crippen LogP contribution < -0.4 is 14.8 Å². The molecule has 0 aliphatic heterocycles. The molecule has 6 nitrogen and oxygen atoms in total. The van der Waals surface area contributed by atoms with E-state index in [1.165, 1.54) is 12.3 Å². The fraction of sp³-hybridized carbons (Fsp3) is 0.250. The Morgan fingerprint density at radius 2 is 1.91 bits per heavy atom. The fourth-order valence-electron chi connectivity index (χ4n) is 1.96. The van der Waals surface area contributed by atoms with Crippen LogP contribution in [0.3, 0.4) is 0 Å². The number of benzene rings is 1. The normalized spacial score (nSPS) is 10.1. The molecular formula is C16H18N2O4. The number of hydrogen-bond acceptors (Lipinski definition) is 5. The number of carbonyl (C=O) groups is 1. The third-order valence-electron chi connectivity index (χ3n) is 3.10. The number of nitrogens with zero attached hydrogens (tertiary/aromatic N) is 1. The highest BCUT2D eigenvalue weighted by Gasteiger charge is 2.09. The number of pyridine rings is 1. The van der Waals surface area contributed by atoms with Crippen molar-refractivity contribution in [2.45, 2.75) is 12.8 Å². The number of hydrogen-bond donors (Lipinski definition) is 2. The molecule has 1 heterocycles. The molecule has 22 heavy (non-hydrogen) atoms. The van der Waals surface area contributed by atoms with Gasteiger partial charge in [0, 0.05) is 18.7 Å². The Bertz CT molecular complexity index is 636. The molecule has 116 valence electrons. The van der Waals surface area contributed by atoms with Crippen molar-refractivity contribution in [3.8, 4) is 17.2 Å². The zero-order valence-corrected chi connectivity index (χ0v) is 12.5. The lowest BCUT2D eigenvalue weighted by Crippen LogP contribution is -2.13. The first-order valence-electron chi connectivity index (χ1n) is 6.78. The second-order valence-electron chi connectivity index (χ2n) is 4.64. The number of carbonyl (C=O) groups excluding carboxylic acids is 1. The summed E-state index contributed by atoms with van der Waals surface area (Å²) in [6.45, 7) is 0. The molecule has 0 unspecified atom stereocenters. The van der Waals surface area contributed by atoms with Crippen LogP contribution in [0, 0.1) is 0 Å². The average Bonchev–Trinajstić information content (AvgIpc) is 2.54. The highest BCUT2D eigenvalue weighted by molar-refractivity contribution is 5.91. The Hall–Kier alpha value is -2.76. The minimum atomic E-state index is -0.226. The first-order valence-corrected chi connectivity index (χ1v) is 6.78. The zero-order chi connectivity index (χ0) is 15.9. The van der Waals surface area contributed by atoms with Gasteiger partial charge in [-0.25, -0.2) is 4.98 Å². The van der Waals surface area contributed by atoms with Gasteiger partial charge in [0.1, 0.15) is 11.5 Å². The van der Waals surface area contributed by atoms with E-state index in [1.807, 2.05) is 12.1 Å². The molecule has 0 radical (unpaired) electrons. The molecule has 2 N–H and O–H groups in total. The van der Waals surface area contributed by atoms with Crippen LogP contribution in [0.4, 0.5) is 5.82 Å². The molecule has 1 aromatic carbocycles. The van der Waals surface area contributed by atoms with Crippen LogP contribution in [0.15, 0.2) is 36.5 Å². The van der Waals surface area contributed by atoms with Crippen molar-refractivity contribution in [1.82, 2.24) is 4.98 Å². The molecule has 0 aliphatic carbocycles. The molecule has 0 bridgehead atoms. The first-order chi connectivity index (χ1) is 10.6. The quantitative estimate of drug-likeness (QED) is 0.856. The second-order valence-corrected chi connectivity index (χ2v) is 4.64. The van der Waals surface area contributed by atoms with Gasteiger partial charge in [0.25, 0.3) is 0 Å². The maximum absolute atomic E-state index is 11.9. The van der Waals surface area contributed by atoms with Gasteiger partial charge < -0.3 is 19.9 Å². The topological polar surface area (TPSA) is 80.7 Å². The van der Waals surface area contributed by atoms with Crippen molar-refractivity contribution in [2.75, 3.05) is 19.5 Å². The molecule has 2 aromatic rings. The van der Waals surface area contributed by atoms with E-state index in [9.17, 15) is 9.90 Å². The Morgan fingerprint density at radius 1 is 1.23 bits per heavy atom. The summed E-state index contributed by atoms with van der Waals surface area (Å²) in [5, 5.41) is 12.1. The van der Waals surface area contributed by atoms with E-state index < -0.39 is 0 Å². The smallest absolute Gasteiger partial charge is 0.225 e. The van der Waals surface area contributed by atoms with Gasteiger partial charge >= 0.3 is 0 Å². The summed E-state index contributed by atoms with van der Waals surface area (Å²) in [5.74, 6) is 1.24. The molecule has 6 heteroatoms. The largest absolute Gasteiger partial charge is 0.504 e. The number of aromatic nitrogens is 1. The molecule has 0 fully saturated rings. The third kappa shape index (κ3) is 4.12. The van der Waals surface area contributed by atoms with Crippen molar-refractivity contribution < 1.29 is 19.4 Å². The molecular weight excluding hydrogens is 284 g/mol. The number of nitrogens with one attached hydrogen (secondary N) is 1. The van der Waals surface area contributed by atoms with Gasteiger partial charge in [-0.2, -0.15) is 0 Å². The molecule has 0 aliphatic rings. The van der Waals surface area contributed by atoms with Crippen LogP contribution in [0.5, 0.6) is 17.2 Å². The number of aromatic hydroxyl groups is 1. The lowest BCUT2D eigenvalue weighted by Gasteiger charge is -2.09. The SMILES string of the molecule is COc1cc(CCC(=O)Nc2ncccc2O)cc(OC)c1. The van der Waals surface area contributed by atoms with Crippen LogP contribution in [-0.4, -0.2) is 30.2 Å². The Morgan fingerprint density at radius 3 is 2.50 bits per heavy atom. The van der Waals surface area contributed by atoms with E-state index in [-0.39, 0.29) is 23.9 Å². The number of methoxy groups -OCH3 is 2. The van der Waals surface area contributed by atoms with Gasteiger partial charge in [0.05, 0.1) is 14.2 Å². The van der Waals surface area contributed by atoms with Crippen LogP contribution in [0.1, 0.15) is 12.0 Å². The maximum Gasteiger partial charge on any atom is 0.225 e. The van der Waals surface area contributed by atoms with Crippen molar-refractivity contribution in [2.24, 2.45) is 0 Å². The molecule has 0 saturated carbocycles. The van der Waals surface area contributed by atoms with Gasteiger partial charge in [0.2, 0.25) is 5.91 Å². The monoisotopic (exact) mass is 302 g/mol. The van der Waals surface area contributed by atoms with E-state index >= 15 is 0 Å². The second kappa shape index (κ2) is 7.31.